The zero-order valence-electron chi connectivity index (χ0n) is 17.0. The summed E-state index contributed by atoms with van der Waals surface area (Å²) >= 11 is 5.04. The lowest BCUT2D eigenvalue weighted by Gasteiger charge is -2.23. The van der Waals surface area contributed by atoms with Crippen LogP contribution in [-0.2, 0) is 4.74 Å². The second kappa shape index (κ2) is 9.90. The number of nitrogens with zero attached hydrogens (tertiary/aromatic N) is 2. The van der Waals surface area contributed by atoms with Crippen LogP contribution in [0.1, 0.15) is 43.0 Å². The molecule has 4 rings (SSSR count). The molecule has 1 aromatic heterocycles. The Morgan fingerprint density at radius 1 is 1.33 bits per heavy atom. The van der Waals surface area contributed by atoms with Gasteiger partial charge in [0.1, 0.15) is 5.75 Å². The zero-order valence-corrected chi connectivity index (χ0v) is 19.4. The SMILES string of the molecule is CCCCOc1cccc(C(=O)N(CC2CCCO2)c2nc3ccc(Br)cc3s2)c1. The standard InChI is InChI=1S/C23H25BrN2O3S/c1-2-3-11-28-18-7-4-6-16(13-18)22(27)26(15-19-8-5-12-29-19)23-25-20-10-9-17(24)14-21(20)30-23/h4,6-7,9-10,13-14,19H,2-3,5,8,11-12,15H2,1H3. The molecule has 2 aromatic carbocycles. The Hall–Kier alpha value is -1.96. The molecule has 2 heterocycles. The van der Waals surface area contributed by atoms with Crippen molar-refractivity contribution in [3.05, 3.63) is 52.5 Å². The van der Waals surface area contributed by atoms with Gasteiger partial charge in [0.05, 0.1) is 29.5 Å². The molecule has 1 amide bonds. The second-order valence-corrected chi connectivity index (χ2v) is 9.31. The van der Waals surface area contributed by atoms with Crippen LogP contribution in [0.15, 0.2) is 46.9 Å². The van der Waals surface area contributed by atoms with E-state index in [9.17, 15) is 4.79 Å². The van der Waals surface area contributed by atoms with Crippen LogP contribution in [0.5, 0.6) is 5.75 Å². The van der Waals surface area contributed by atoms with Crippen LogP contribution in [0, 0.1) is 0 Å². The first kappa shape index (κ1) is 21.3. The number of halogens is 1. The van der Waals surface area contributed by atoms with Crippen molar-refractivity contribution >= 4 is 48.5 Å². The summed E-state index contributed by atoms with van der Waals surface area (Å²) in [6, 6.07) is 13.4. The van der Waals surface area contributed by atoms with E-state index in [0.29, 0.717) is 23.8 Å². The van der Waals surface area contributed by atoms with Crippen molar-refractivity contribution in [3.8, 4) is 5.75 Å². The highest BCUT2D eigenvalue weighted by Gasteiger charge is 2.27. The Morgan fingerprint density at radius 2 is 2.23 bits per heavy atom. The first-order chi connectivity index (χ1) is 14.6. The number of aromatic nitrogens is 1. The van der Waals surface area contributed by atoms with E-state index in [1.165, 1.54) is 11.3 Å². The van der Waals surface area contributed by atoms with Gasteiger partial charge in [0.25, 0.3) is 5.91 Å². The van der Waals surface area contributed by atoms with E-state index >= 15 is 0 Å². The fourth-order valence-electron chi connectivity index (χ4n) is 3.45. The van der Waals surface area contributed by atoms with Crippen molar-refractivity contribution in [2.45, 2.75) is 38.7 Å². The van der Waals surface area contributed by atoms with Crippen LogP contribution in [0.25, 0.3) is 10.2 Å². The third-order valence-corrected chi connectivity index (χ3v) is 6.61. The minimum Gasteiger partial charge on any atom is -0.494 e. The predicted molar refractivity (Wildman–Crippen MR) is 125 cm³/mol. The Kier molecular flexibility index (Phi) is 7.02. The molecular formula is C23H25BrN2O3S. The average Bonchev–Trinajstić information content (AvgIpc) is 3.41. The smallest absolute Gasteiger partial charge is 0.260 e. The minimum atomic E-state index is -0.0791. The first-order valence-corrected chi connectivity index (χ1v) is 12.0. The molecule has 1 unspecified atom stereocenters. The number of carbonyl (C=O) groups excluding carboxylic acids is 1. The number of hydrogen-bond donors (Lipinski definition) is 0. The van der Waals surface area contributed by atoms with Gasteiger partial charge in [0.2, 0.25) is 0 Å². The van der Waals surface area contributed by atoms with E-state index in [1.54, 1.807) is 4.90 Å². The second-order valence-electron chi connectivity index (χ2n) is 7.39. The van der Waals surface area contributed by atoms with Crippen molar-refractivity contribution in [2.75, 3.05) is 24.7 Å². The van der Waals surface area contributed by atoms with Crippen molar-refractivity contribution in [1.82, 2.24) is 4.98 Å². The van der Waals surface area contributed by atoms with Gasteiger partial charge in [-0.1, -0.05) is 46.7 Å². The molecule has 158 valence electrons. The Balaban J connectivity index is 1.63. The fraction of sp³-hybridized carbons (Fsp3) is 0.391. The maximum Gasteiger partial charge on any atom is 0.260 e. The zero-order chi connectivity index (χ0) is 20.9. The third kappa shape index (κ3) is 5.02. The number of benzene rings is 2. The molecule has 1 fully saturated rings. The summed E-state index contributed by atoms with van der Waals surface area (Å²) in [5, 5.41) is 0.695. The van der Waals surface area contributed by atoms with Gasteiger partial charge in [0.15, 0.2) is 5.13 Å². The molecule has 3 aromatic rings. The number of anilines is 1. The molecule has 0 spiro atoms. The quantitative estimate of drug-likeness (QED) is 0.361. The van der Waals surface area contributed by atoms with Crippen LogP contribution in [-0.4, -0.2) is 36.8 Å². The highest BCUT2D eigenvalue weighted by Crippen LogP contribution is 2.32. The summed E-state index contributed by atoms with van der Waals surface area (Å²) in [5.41, 5.74) is 1.49. The number of hydrogen-bond acceptors (Lipinski definition) is 5. The lowest BCUT2D eigenvalue weighted by molar-refractivity contribution is 0.0917. The van der Waals surface area contributed by atoms with E-state index in [1.807, 2.05) is 42.5 Å². The Bertz CT molecular complexity index is 1020. The molecule has 0 aliphatic carbocycles. The molecule has 1 aliphatic rings. The normalized spacial score (nSPS) is 16.1. The van der Waals surface area contributed by atoms with Gasteiger partial charge in [-0.3, -0.25) is 9.69 Å². The highest BCUT2D eigenvalue weighted by molar-refractivity contribution is 9.10. The summed E-state index contributed by atoms with van der Waals surface area (Å²) in [4.78, 5) is 20.0. The van der Waals surface area contributed by atoms with E-state index in [2.05, 4.69) is 22.9 Å². The number of amides is 1. The molecule has 1 atom stereocenters. The summed E-state index contributed by atoms with van der Waals surface area (Å²) in [5.74, 6) is 0.643. The number of rotatable bonds is 8. The summed E-state index contributed by atoms with van der Waals surface area (Å²) in [6.45, 7) is 4.03. The lowest BCUT2D eigenvalue weighted by Crippen LogP contribution is -2.37. The molecule has 1 saturated heterocycles. The van der Waals surface area contributed by atoms with Gasteiger partial charge in [0, 0.05) is 16.6 Å². The Labute approximate surface area is 189 Å². The summed E-state index contributed by atoms with van der Waals surface area (Å²) in [6.07, 6.45) is 4.09. The molecule has 7 heteroatoms. The van der Waals surface area contributed by atoms with Crippen LogP contribution in [0.3, 0.4) is 0 Å². The van der Waals surface area contributed by atoms with Gasteiger partial charge in [-0.2, -0.15) is 0 Å². The van der Waals surface area contributed by atoms with Crippen molar-refractivity contribution in [2.24, 2.45) is 0 Å². The predicted octanol–water partition coefficient (Wildman–Crippen LogP) is 6.06. The van der Waals surface area contributed by atoms with Gasteiger partial charge >= 0.3 is 0 Å². The molecule has 1 aliphatic heterocycles. The van der Waals surface area contributed by atoms with Crippen LogP contribution < -0.4 is 9.64 Å². The van der Waals surface area contributed by atoms with Gasteiger partial charge < -0.3 is 9.47 Å². The van der Waals surface area contributed by atoms with E-state index in [-0.39, 0.29) is 12.0 Å². The Morgan fingerprint density at radius 3 is 3.03 bits per heavy atom. The molecule has 30 heavy (non-hydrogen) atoms. The largest absolute Gasteiger partial charge is 0.494 e. The summed E-state index contributed by atoms with van der Waals surface area (Å²) < 4.78 is 13.7. The summed E-state index contributed by atoms with van der Waals surface area (Å²) in [7, 11) is 0. The molecule has 5 nitrogen and oxygen atoms in total. The van der Waals surface area contributed by atoms with Crippen LogP contribution in [0.4, 0.5) is 5.13 Å². The maximum absolute atomic E-state index is 13.5. The van der Waals surface area contributed by atoms with Crippen LogP contribution >= 0.6 is 27.3 Å². The van der Waals surface area contributed by atoms with E-state index in [0.717, 1.165) is 52.7 Å². The molecule has 0 N–H and O–H groups in total. The molecular weight excluding hydrogens is 464 g/mol. The van der Waals surface area contributed by atoms with Gasteiger partial charge in [-0.15, -0.1) is 0 Å². The average molecular weight is 489 g/mol. The molecule has 0 saturated carbocycles. The van der Waals surface area contributed by atoms with Crippen molar-refractivity contribution < 1.29 is 14.3 Å². The van der Waals surface area contributed by atoms with Gasteiger partial charge in [-0.25, -0.2) is 4.98 Å². The first-order valence-electron chi connectivity index (χ1n) is 10.4. The molecule has 0 bridgehead atoms. The van der Waals surface area contributed by atoms with E-state index in [4.69, 9.17) is 14.5 Å². The van der Waals surface area contributed by atoms with Crippen LogP contribution in [0.2, 0.25) is 0 Å². The maximum atomic E-state index is 13.5. The topological polar surface area (TPSA) is 51.7 Å². The van der Waals surface area contributed by atoms with Crippen molar-refractivity contribution in [1.29, 1.82) is 0 Å². The van der Waals surface area contributed by atoms with Crippen molar-refractivity contribution in [3.63, 3.8) is 0 Å². The number of carbonyl (C=O) groups is 1. The number of fused-ring (bicyclic) bond motifs is 1. The minimum absolute atomic E-state index is 0.0386. The van der Waals surface area contributed by atoms with E-state index < -0.39 is 0 Å². The monoisotopic (exact) mass is 488 g/mol. The fourth-order valence-corrected chi connectivity index (χ4v) is 4.98. The highest BCUT2D eigenvalue weighted by atomic mass is 79.9. The number of thiazole rings is 1. The third-order valence-electron chi connectivity index (χ3n) is 5.07. The lowest BCUT2D eigenvalue weighted by atomic mass is 10.1. The number of unbranched alkanes of at least 4 members (excludes halogenated alkanes) is 1. The molecule has 0 radical (unpaired) electrons. The van der Waals surface area contributed by atoms with Gasteiger partial charge in [-0.05, 0) is 55.7 Å². The number of ether oxygens (including phenoxy) is 2.